The Kier molecular flexibility index (Phi) is 6.43. The Morgan fingerprint density at radius 1 is 1.00 bits per heavy atom. The Balaban J connectivity index is 1.80. The molecule has 2 saturated heterocycles. The third kappa shape index (κ3) is 4.63. The molecule has 2 fully saturated rings. The second-order valence-corrected chi connectivity index (χ2v) is 8.19. The average Bonchev–Trinajstić information content (AvgIpc) is 2.48. The summed E-state index contributed by atoms with van der Waals surface area (Å²) in [6.45, 7) is 8.50. The van der Waals surface area contributed by atoms with Crippen LogP contribution in [0.2, 0.25) is 0 Å². The third-order valence-corrected chi connectivity index (χ3v) is 6.58. The summed E-state index contributed by atoms with van der Waals surface area (Å²) in [4.78, 5) is 2.18. The molecule has 0 aromatic carbocycles. The fourth-order valence-electron chi connectivity index (χ4n) is 3.01. The quantitative estimate of drug-likeness (QED) is 0.711. The van der Waals surface area contributed by atoms with Crippen LogP contribution < -0.4 is 5.32 Å². The zero-order valence-electron chi connectivity index (χ0n) is 13.4. The zero-order valence-corrected chi connectivity index (χ0v) is 14.2. The second kappa shape index (κ2) is 7.87. The van der Waals surface area contributed by atoms with E-state index in [4.69, 9.17) is 0 Å². The summed E-state index contributed by atoms with van der Waals surface area (Å²) in [7, 11) is -1.20. The minimum Gasteiger partial charge on any atom is -0.316 e. The Labute approximate surface area is 129 Å². The number of rotatable bonds is 6. The van der Waals surface area contributed by atoms with E-state index < -0.39 is 10.2 Å². The van der Waals surface area contributed by atoms with E-state index in [0.717, 1.165) is 45.4 Å². The van der Waals surface area contributed by atoms with Crippen molar-refractivity contribution in [3.63, 3.8) is 0 Å². The number of likely N-dealkylation sites (N-methyl/N-ethyl adjacent to an activating group) is 1. The lowest BCUT2D eigenvalue weighted by Gasteiger charge is -2.38. The van der Waals surface area contributed by atoms with Crippen LogP contribution in [0.15, 0.2) is 0 Å². The fourth-order valence-corrected chi connectivity index (χ4v) is 4.63. The summed E-state index contributed by atoms with van der Waals surface area (Å²) in [5.41, 5.74) is 0. The first-order valence-corrected chi connectivity index (χ1v) is 9.58. The van der Waals surface area contributed by atoms with Crippen LogP contribution in [0.25, 0.3) is 0 Å². The fraction of sp³-hybridized carbons (Fsp3) is 1.00. The summed E-state index contributed by atoms with van der Waals surface area (Å²) in [6, 6.07) is 0. The van der Waals surface area contributed by atoms with Crippen molar-refractivity contribution in [1.29, 1.82) is 0 Å². The first kappa shape index (κ1) is 17.1. The zero-order chi connectivity index (χ0) is 15.3. The molecule has 6 nitrogen and oxygen atoms in total. The number of nitrogens with zero attached hydrogens (tertiary/aromatic N) is 3. The Bertz CT molecular complexity index is 399. The molecule has 0 unspecified atom stereocenters. The minimum atomic E-state index is -3.24. The monoisotopic (exact) mass is 318 g/mol. The SMILES string of the molecule is CCCNCC1CCN(S(=O)(=O)N2CCN(C)CC2)CC1. The highest BCUT2D eigenvalue weighted by Gasteiger charge is 2.33. The van der Waals surface area contributed by atoms with Crippen LogP contribution in [0.4, 0.5) is 0 Å². The van der Waals surface area contributed by atoms with Gasteiger partial charge in [0.25, 0.3) is 10.2 Å². The van der Waals surface area contributed by atoms with Gasteiger partial charge in [-0.1, -0.05) is 6.92 Å². The number of piperazine rings is 1. The largest absolute Gasteiger partial charge is 0.316 e. The molecule has 0 aliphatic carbocycles. The van der Waals surface area contributed by atoms with Crippen molar-refractivity contribution in [1.82, 2.24) is 18.8 Å². The molecule has 2 aliphatic heterocycles. The Morgan fingerprint density at radius 2 is 1.57 bits per heavy atom. The Hall–Kier alpha value is -0.210. The molecular formula is C14H30N4O2S. The van der Waals surface area contributed by atoms with Crippen LogP contribution in [-0.4, -0.2) is 81.3 Å². The molecule has 2 aliphatic rings. The van der Waals surface area contributed by atoms with Gasteiger partial charge in [0.15, 0.2) is 0 Å². The molecule has 0 radical (unpaired) electrons. The molecule has 0 atom stereocenters. The second-order valence-electron chi connectivity index (χ2n) is 6.26. The molecule has 7 heteroatoms. The molecule has 2 heterocycles. The van der Waals surface area contributed by atoms with Gasteiger partial charge in [0.1, 0.15) is 0 Å². The summed E-state index contributed by atoms with van der Waals surface area (Å²) < 4.78 is 28.6. The van der Waals surface area contributed by atoms with Gasteiger partial charge in [-0.25, -0.2) is 0 Å². The molecule has 0 aromatic rings. The van der Waals surface area contributed by atoms with Crippen LogP contribution >= 0.6 is 0 Å². The third-order valence-electron chi connectivity index (χ3n) is 4.55. The number of hydrogen-bond acceptors (Lipinski definition) is 4. The predicted molar refractivity (Wildman–Crippen MR) is 85.4 cm³/mol. The maximum atomic E-state index is 12.6. The van der Waals surface area contributed by atoms with Crippen molar-refractivity contribution >= 4 is 10.2 Å². The molecule has 0 amide bonds. The predicted octanol–water partition coefficient (Wildman–Crippen LogP) is 0.190. The first-order valence-electron chi connectivity index (χ1n) is 8.18. The number of nitrogens with one attached hydrogen (secondary N) is 1. The van der Waals surface area contributed by atoms with Crippen molar-refractivity contribution in [3.8, 4) is 0 Å². The molecule has 124 valence electrons. The van der Waals surface area contributed by atoms with E-state index in [-0.39, 0.29) is 0 Å². The van der Waals surface area contributed by atoms with E-state index in [1.54, 1.807) is 8.61 Å². The van der Waals surface area contributed by atoms with Crippen LogP contribution in [0.3, 0.4) is 0 Å². The molecular weight excluding hydrogens is 288 g/mol. The van der Waals surface area contributed by atoms with E-state index in [0.29, 0.717) is 32.1 Å². The molecule has 0 bridgehead atoms. The van der Waals surface area contributed by atoms with E-state index in [9.17, 15) is 8.42 Å². The smallest absolute Gasteiger partial charge is 0.282 e. The molecule has 1 N–H and O–H groups in total. The minimum absolute atomic E-state index is 0.621. The highest BCUT2D eigenvalue weighted by Crippen LogP contribution is 2.21. The molecule has 0 aromatic heterocycles. The van der Waals surface area contributed by atoms with E-state index in [2.05, 4.69) is 17.1 Å². The summed E-state index contributed by atoms with van der Waals surface area (Å²) >= 11 is 0. The van der Waals surface area contributed by atoms with Gasteiger partial charge in [-0.15, -0.1) is 0 Å². The average molecular weight is 318 g/mol. The van der Waals surface area contributed by atoms with Gasteiger partial charge in [0, 0.05) is 39.3 Å². The first-order chi connectivity index (χ1) is 10.0. The lowest BCUT2D eigenvalue weighted by molar-refractivity contribution is 0.199. The van der Waals surface area contributed by atoms with Gasteiger partial charge in [-0.3, -0.25) is 0 Å². The molecule has 2 rings (SSSR count). The van der Waals surface area contributed by atoms with Gasteiger partial charge in [-0.05, 0) is 45.3 Å². The van der Waals surface area contributed by atoms with Crippen molar-refractivity contribution in [2.24, 2.45) is 5.92 Å². The summed E-state index contributed by atoms with van der Waals surface area (Å²) in [6.07, 6.45) is 3.10. The summed E-state index contributed by atoms with van der Waals surface area (Å²) in [5, 5.41) is 3.44. The Morgan fingerprint density at radius 3 is 2.14 bits per heavy atom. The van der Waals surface area contributed by atoms with Crippen molar-refractivity contribution in [2.45, 2.75) is 26.2 Å². The van der Waals surface area contributed by atoms with Crippen LogP contribution in [0, 0.1) is 5.92 Å². The van der Waals surface area contributed by atoms with Gasteiger partial charge >= 0.3 is 0 Å². The highest BCUT2D eigenvalue weighted by atomic mass is 32.2. The van der Waals surface area contributed by atoms with Gasteiger partial charge < -0.3 is 10.2 Å². The number of piperidine rings is 1. The molecule has 21 heavy (non-hydrogen) atoms. The van der Waals surface area contributed by atoms with E-state index >= 15 is 0 Å². The molecule has 0 spiro atoms. The van der Waals surface area contributed by atoms with Gasteiger partial charge in [0.05, 0.1) is 0 Å². The van der Waals surface area contributed by atoms with Crippen molar-refractivity contribution in [2.75, 3.05) is 59.4 Å². The number of hydrogen-bond donors (Lipinski definition) is 1. The maximum absolute atomic E-state index is 12.6. The molecule has 0 saturated carbocycles. The standard InChI is InChI=1S/C14H30N4O2S/c1-3-6-15-13-14-4-7-17(8-5-14)21(19,20)18-11-9-16(2)10-12-18/h14-15H,3-13H2,1-2H3. The van der Waals surface area contributed by atoms with E-state index in [1.807, 2.05) is 7.05 Å². The normalized spacial score (nSPS) is 24.5. The van der Waals surface area contributed by atoms with Gasteiger partial charge in [0.2, 0.25) is 0 Å². The lowest BCUT2D eigenvalue weighted by atomic mass is 9.98. The van der Waals surface area contributed by atoms with Crippen LogP contribution in [-0.2, 0) is 10.2 Å². The van der Waals surface area contributed by atoms with Gasteiger partial charge in [-0.2, -0.15) is 17.0 Å². The highest BCUT2D eigenvalue weighted by molar-refractivity contribution is 7.86. The maximum Gasteiger partial charge on any atom is 0.282 e. The lowest BCUT2D eigenvalue weighted by Crippen LogP contribution is -2.53. The summed E-state index contributed by atoms with van der Waals surface area (Å²) in [5.74, 6) is 0.621. The van der Waals surface area contributed by atoms with E-state index in [1.165, 1.54) is 0 Å². The van der Waals surface area contributed by atoms with Crippen LogP contribution in [0.5, 0.6) is 0 Å². The van der Waals surface area contributed by atoms with Crippen LogP contribution in [0.1, 0.15) is 26.2 Å². The topological polar surface area (TPSA) is 55.9 Å². The van der Waals surface area contributed by atoms with Crippen molar-refractivity contribution < 1.29 is 8.42 Å². The van der Waals surface area contributed by atoms with Crippen molar-refractivity contribution in [3.05, 3.63) is 0 Å².